The molecule has 0 radical (unpaired) electrons. The number of carbonyl (C=O) groups is 2. The molecule has 2 amide bonds. The Morgan fingerprint density at radius 3 is 2.59 bits per heavy atom. The van der Waals surface area contributed by atoms with Crippen LogP contribution in [-0.2, 0) is 9.59 Å². The molecule has 1 aromatic rings. The minimum absolute atomic E-state index is 0.0311. The summed E-state index contributed by atoms with van der Waals surface area (Å²) in [6.45, 7) is 5.25. The highest BCUT2D eigenvalue weighted by atomic mass is 79.9. The molecular formula is C14H18BrN3O3S. The van der Waals surface area contributed by atoms with Crippen molar-refractivity contribution in [3.8, 4) is 5.75 Å². The van der Waals surface area contributed by atoms with Crippen LogP contribution >= 0.6 is 28.1 Å². The Hall–Kier alpha value is -1.67. The van der Waals surface area contributed by atoms with Gasteiger partial charge in [0.05, 0.1) is 4.47 Å². The number of hydrogen-bond donors (Lipinski definition) is 3. The summed E-state index contributed by atoms with van der Waals surface area (Å²) in [5.74, 6) is -0.283. The van der Waals surface area contributed by atoms with Crippen LogP contribution in [0.1, 0.15) is 19.4 Å². The number of hydrogen-bond acceptors (Lipinski definition) is 4. The zero-order valence-corrected chi connectivity index (χ0v) is 14.9. The summed E-state index contributed by atoms with van der Waals surface area (Å²) in [7, 11) is 0. The zero-order valence-electron chi connectivity index (χ0n) is 12.5. The van der Waals surface area contributed by atoms with E-state index in [9.17, 15) is 9.59 Å². The number of thiocarbonyl (C=S) groups is 1. The summed E-state index contributed by atoms with van der Waals surface area (Å²) in [5.41, 5.74) is 5.86. The van der Waals surface area contributed by atoms with Crippen LogP contribution in [0.4, 0.5) is 0 Å². The van der Waals surface area contributed by atoms with Gasteiger partial charge < -0.3 is 10.1 Å². The molecule has 0 aromatic heterocycles. The smallest absolute Gasteiger partial charge is 0.276 e. The summed E-state index contributed by atoms with van der Waals surface area (Å²) in [5, 5.41) is 2.47. The molecule has 0 unspecified atom stereocenters. The van der Waals surface area contributed by atoms with Crippen molar-refractivity contribution in [3.05, 3.63) is 28.2 Å². The average Bonchev–Trinajstić information content (AvgIpc) is 2.44. The van der Waals surface area contributed by atoms with Gasteiger partial charge in [-0.15, -0.1) is 0 Å². The molecule has 120 valence electrons. The van der Waals surface area contributed by atoms with E-state index >= 15 is 0 Å². The molecule has 8 heteroatoms. The van der Waals surface area contributed by atoms with Crippen LogP contribution in [0.25, 0.3) is 0 Å². The number of hydrazine groups is 1. The maximum absolute atomic E-state index is 11.6. The third kappa shape index (κ3) is 6.40. The van der Waals surface area contributed by atoms with Gasteiger partial charge in [0.2, 0.25) is 5.91 Å². The molecule has 0 atom stereocenters. The molecule has 0 heterocycles. The number of ether oxygens (including phenoxy) is 1. The average molecular weight is 388 g/mol. The standard InChI is InChI=1S/C14H18BrN3O3S/c1-8(2)13(20)16-14(22)18-17-12(19)7-21-11-5-4-9(3)6-10(11)15/h4-6,8H,7H2,1-3H3,(H,17,19)(H2,16,18,20,22). The van der Waals surface area contributed by atoms with Crippen LogP contribution in [0, 0.1) is 12.8 Å². The van der Waals surface area contributed by atoms with Crippen molar-refractivity contribution in [2.75, 3.05) is 6.61 Å². The molecular weight excluding hydrogens is 370 g/mol. The van der Waals surface area contributed by atoms with E-state index in [0.29, 0.717) is 5.75 Å². The lowest BCUT2D eigenvalue weighted by Crippen LogP contribution is -2.50. The Morgan fingerprint density at radius 1 is 1.32 bits per heavy atom. The molecule has 0 aliphatic rings. The van der Waals surface area contributed by atoms with Crippen LogP contribution < -0.4 is 20.9 Å². The molecule has 0 saturated carbocycles. The van der Waals surface area contributed by atoms with Gasteiger partial charge in [0, 0.05) is 5.92 Å². The van der Waals surface area contributed by atoms with E-state index < -0.39 is 5.91 Å². The van der Waals surface area contributed by atoms with Gasteiger partial charge in [-0.1, -0.05) is 19.9 Å². The molecule has 0 aliphatic heterocycles. The van der Waals surface area contributed by atoms with E-state index in [1.807, 2.05) is 19.1 Å². The summed E-state index contributed by atoms with van der Waals surface area (Å²) in [6, 6.07) is 5.54. The number of aryl methyl sites for hydroxylation is 1. The van der Waals surface area contributed by atoms with Crippen LogP contribution in [0.15, 0.2) is 22.7 Å². The number of rotatable bonds is 4. The first-order chi connectivity index (χ1) is 10.3. The predicted octanol–water partition coefficient (Wildman–Crippen LogP) is 1.81. The van der Waals surface area contributed by atoms with Crippen LogP contribution in [0.3, 0.4) is 0 Å². The number of halogens is 1. The third-order valence-corrected chi connectivity index (χ3v) is 3.35. The van der Waals surface area contributed by atoms with Gasteiger partial charge in [0.1, 0.15) is 5.75 Å². The first-order valence-electron chi connectivity index (χ1n) is 6.58. The second-order valence-corrected chi connectivity index (χ2v) is 6.13. The lowest BCUT2D eigenvalue weighted by Gasteiger charge is -2.13. The number of benzene rings is 1. The number of nitrogens with one attached hydrogen (secondary N) is 3. The highest BCUT2D eigenvalue weighted by Crippen LogP contribution is 2.25. The van der Waals surface area contributed by atoms with E-state index in [1.165, 1.54) is 0 Å². The van der Waals surface area contributed by atoms with E-state index in [0.717, 1.165) is 10.0 Å². The SMILES string of the molecule is Cc1ccc(OCC(=O)NNC(=S)NC(=O)C(C)C)c(Br)c1. The van der Waals surface area contributed by atoms with Gasteiger partial charge in [-0.25, -0.2) is 0 Å². The maximum atomic E-state index is 11.6. The Balaban J connectivity index is 2.34. The van der Waals surface area contributed by atoms with Gasteiger partial charge in [0.25, 0.3) is 5.91 Å². The zero-order chi connectivity index (χ0) is 16.7. The Morgan fingerprint density at radius 2 is 2.00 bits per heavy atom. The van der Waals surface area contributed by atoms with Crippen molar-refractivity contribution in [2.45, 2.75) is 20.8 Å². The minimum Gasteiger partial charge on any atom is -0.483 e. The lowest BCUT2D eigenvalue weighted by molar-refractivity contribution is -0.124. The second kappa shape index (κ2) is 8.70. The molecule has 1 rings (SSSR count). The van der Waals surface area contributed by atoms with Gasteiger partial charge in [0.15, 0.2) is 11.7 Å². The molecule has 0 aliphatic carbocycles. The Kier molecular flexibility index (Phi) is 7.26. The van der Waals surface area contributed by atoms with Gasteiger partial charge in [-0.3, -0.25) is 20.4 Å². The van der Waals surface area contributed by atoms with E-state index in [4.69, 9.17) is 17.0 Å². The molecule has 6 nitrogen and oxygen atoms in total. The molecule has 1 aromatic carbocycles. The third-order valence-electron chi connectivity index (χ3n) is 2.52. The number of carbonyl (C=O) groups excluding carboxylic acids is 2. The first-order valence-corrected chi connectivity index (χ1v) is 7.78. The van der Waals surface area contributed by atoms with Crippen LogP contribution in [-0.4, -0.2) is 23.5 Å². The van der Waals surface area contributed by atoms with Gasteiger partial charge in [-0.2, -0.15) is 0 Å². The highest BCUT2D eigenvalue weighted by molar-refractivity contribution is 9.10. The summed E-state index contributed by atoms with van der Waals surface area (Å²) in [4.78, 5) is 23.0. The minimum atomic E-state index is -0.423. The van der Waals surface area contributed by atoms with Crippen LogP contribution in [0.2, 0.25) is 0 Å². The molecule has 0 spiro atoms. The van der Waals surface area contributed by atoms with Crippen molar-refractivity contribution in [1.82, 2.24) is 16.2 Å². The van der Waals surface area contributed by atoms with Gasteiger partial charge in [-0.05, 0) is 52.8 Å². The number of amides is 2. The molecule has 0 saturated heterocycles. The quantitative estimate of drug-likeness (QED) is 0.542. The van der Waals surface area contributed by atoms with Crippen molar-refractivity contribution >= 4 is 45.1 Å². The Labute approximate surface area is 143 Å². The van der Waals surface area contributed by atoms with Crippen LogP contribution in [0.5, 0.6) is 5.75 Å². The topological polar surface area (TPSA) is 79.5 Å². The van der Waals surface area contributed by atoms with E-state index in [2.05, 4.69) is 32.1 Å². The second-order valence-electron chi connectivity index (χ2n) is 4.87. The van der Waals surface area contributed by atoms with Gasteiger partial charge >= 0.3 is 0 Å². The van der Waals surface area contributed by atoms with E-state index in [1.54, 1.807) is 19.9 Å². The highest BCUT2D eigenvalue weighted by Gasteiger charge is 2.10. The normalized spacial score (nSPS) is 10.0. The van der Waals surface area contributed by atoms with Crippen molar-refractivity contribution in [1.29, 1.82) is 0 Å². The Bertz CT molecular complexity index is 578. The fraction of sp³-hybridized carbons (Fsp3) is 0.357. The van der Waals surface area contributed by atoms with Crippen molar-refractivity contribution in [3.63, 3.8) is 0 Å². The fourth-order valence-corrected chi connectivity index (χ4v) is 2.08. The molecule has 22 heavy (non-hydrogen) atoms. The maximum Gasteiger partial charge on any atom is 0.276 e. The monoisotopic (exact) mass is 387 g/mol. The fourth-order valence-electron chi connectivity index (χ4n) is 1.32. The first kappa shape index (κ1) is 18.4. The summed E-state index contributed by atoms with van der Waals surface area (Å²) >= 11 is 8.23. The summed E-state index contributed by atoms with van der Waals surface area (Å²) in [6.07, 6.45) is 0. The molecule has 0 bridgehead atoms. The molecule has 3 N–H and O–H groups in total. The van der Waals surface area contributed by atoms with E-state index in [-0.39, 0.29) is 23.5 Å². The summed E-state index contributed by atoms with van der Waals surface area (Å²) < 4.78 is 6.15. The predicted molar refractivity (Wildman–Crippen MR) is 91.2 cm³/mol. The van der Waals surface area contributed by atoms with Crippen molar-refractivity contribution in [2.24, 2.45) is 5.92 Å². The molecule has 0 fully saturated rings. The van der Waals surface area contributed by atoms with Crippen molar-refractivity contribution < 1.29 is 14.3 Å². The lowest BCUT2D eigenvalue weighted by atomic mass is 10.2. The largest absolute Gasteiger partial charge is 0.483 e.